The molecule has 5 nitrogen and oxygen atoms in total. The number of amides is 2. The van der Waals surface area contributed by atoms with Crippen molar-refractivity contribution >= 4 is 6.03 Å². The van der Waals surface area contributed by atoms with E-state index >= 15 is 0 Å². The normalized spacial score (nSPS) is 34.4. The molecular weight excluding hydrogens is 266 g/mol. The molecule has 21 heavy (non-hydrogen) atoms. The van der Waals surface area contributed by atoms with Gasteiger partial charge in [0.15, 0.2) is 0 Å². The van der Waals surface area contributed by atoms with Crippen molar-refractivity contribution in [2.24, 2.45) is 5.92 Å². The second-order valence-electron chi connectivity index (χ2n) is 7.29. The number of carbonyl (C=O) groups excluding carboxylic acids is 1. The Hall–Kier alpha value is -0.810. The van der Waals surface area contributed by atoms with Gasteiger partial charge >= 0.3 is 6.03 Å². The highest BCUT2D eigenvalue weighted by Gasteiger charge is 2.41. The van der Waals surface area contributed by atoms with Crippen LogP contribution < -0.4 is 10.6 Å². The molecule has 2 N–H and O–H groups in total. The van der Waals surface area contributed by atoms with Gasteiger partial charge in [-0.25, -0.2) is 4.79 Å². The van der Waals surface area contributed by atoms with Crippen molar-refractivity contribution in [2.45, 2.75) is 69.2 Å². The lowest BCUT2D eigenvalue weighted by Gasteiger charge is -2.23. The Bertz CT molecular complexity index is 395. The quantitative estimate of drug-likeness (QED) is 0.747. The number of hydrogen-bond donors (Lipinski definition) is 2. The number of nitrogens with one attached hydrogen (secondary N) is 2. The minimum Gasteiger partial charge on any atom is -0.373 e. The SMILES string of the molecule is O=C(NCCN(CC1CC1)C1CC1)N[C@H]1C[C@H]2CC[C@H]1O2. The van der Waals surface area contributed by atoms with Crippen LogP contribution >= 0.6 is 0 Å². The van der Waals surface area contributed by atoms with Crippen LogP contribution in [0.25, 0.3) is 0 Å². The number of rotatable bonds is 7. The Morgan fingerprint density at radius 1 is 1.14 bits per heavy atom. The summed E-state index contributed by atoms with van der Waals surface area (Å²) in [5.74, 6) is 0.936. The summed E-state index contributed by atoms with van der Waals surface area (Å²) in [5, 5.41) is 6.12. The van der Waals surface area contributed by atoms with E-state index in [1.54, 1.807) is 0 Å². The zero-order valence-corrected chi connectivity index (χ0v) is 12.7. The van der Waals surface area contributed by atoms with E-state index < -0.39 is 0 Å². The third-order valence-electron chi connectivity index (χ3n) is 5.36. The Kier molecular flexibility index (Phi) is 3.79. The molecule has 3 atom stereocenters. The highest BCUT2D eigenvalue weighted by Crippen LogP contribution is 2.35. The minimum absolute atomic E-state index is 0.0154. The highest BCUT2D eigenvalue weighted by atomic mass is 16.5. The third kappa shape index (κ3) is 3.51. The van der Waals surface area contributed by atoms with Crippen LogP contribution in [0.2, 0.25) is 0 Å². The molecule has 0 aromatic heterocycles. The van der Waals surface area contributed by atoms with Crippen molar-refractivity contribution in [1.29, 1.82) is 0 Å². The first-order valence-corrected chi connectivity index (χ1v) is 8.72. The lowest BCUT2D eigenvalue weighted by Crippen LogP contribution is -2.48. The number of hydrogen-bond acceptors (Lipinski definition) is 3. The third-order valence-corrected chi connectivity index (χ3v) is 5.36. The molecule has 2 bridgehead atoms. The van der Waals surface area contributed by atoms with Crippen LogP contribution in [0.5, 0.6) is 0 Å². The topological polar surface area (TPSA) is 53.6 Å². The number of nitrogens with zero attached hydrogens (tertiary/aromatic N) is 1. The number of urea groups is 1. The Labute approximate surface area is 126 Å². The Morgan fingerprint density at radius 2 is 2.00 bits per heavy atom. The molecule has 0 radical (unpaired) electrons. The van der Waals surface area contributed by atoms with E-state index in [1.807, 2.05) is 0 Å². The van der Waals surface area contributed by atoms with Gasteiger partial charge in [-0.2, -0.15) is 0 Å². The fourth-order valence-electron chi connectivity index (χ4n) is 3.82. The van der Waals surface area contributed by atoms with Crippen molar-refractivity contribution in [3.05, 3.63) is 0 Å². The molecule has 4 fully saturated rings. The van der Waals surface area contributed by atoms with Gasteiger partial charge in [0.1, 0.15) is 0 Å². The maximum atomic E-state index is 12.0. The molecule has 0 aromatic carbocycles. The summed E-state index contributed by atoms with van der Waals surface area (Å²) in [6, 6.07) is 1.02. The summed E-state index contributed by atoms with van der Waals surface area (Å²) < 4.78 is 5.77. The predicted molar refractivity (Wildman–Crippen MR) is 80.2 cm³/mol. The highest BCUT2D eigenvalue weighted by molar-refractivity contribution is 5.74. The molecular formula is C16H27N3O2. The fraction of sp³-hybridized carbons (Fsp3) is 0.938. The van der Waals surface area contributed by atoms with E-state index in [1.165, 1.54) is 38.6 Å². The zero-order valence-electron chi connectivity index (χ0n) is 12.7. The van der Waals surface area contributed by atoms with E-state index in [4.69, 9.17) is 4.74 Å². The van der Waals surface area contributed by atoms with Gasteiger partial charge in [0.25, 0.3) is 0 Å². The number of carbonyl (C=O) groups is 1. The van der Waals surface area contributed by atoms with Gasteiger partial charge in [-0.3, -0.25) is 4.90 Å². The molecule has 118 valence electrons. The van der Waals surface area contributed by atoms with Gasteiger partial charge in [-0.05, 0) is 50.9 Å². The molecule has 2 amide bonds. The first kappa shape index (κ1) is 13.8. The number of fused-ring (bicyclic) bond motifs is 2. The van der Waals surface area contributed by atoms with Crippen LogP contribution in [-0.2, 0) is 4.74 Å². The summed E-state index contributed by atoms with van der Waals surface area (Å²) in [6.45, 7) is 3.01. The van der Waals surface area contributed by atoms with Crippen molar-refractivity contribution in [3.63, 3.8) is 0 Å². The molecule has 4 aliphatic rings. The van der Waals surface area contributed by atoms with Gasteiger partial charge in [0, 0.05) is 25.7 Å². The Balaban J connectivity index is 1.15. The Morgan fingerprint density at radius 3 is 2.62 bits per heavy atom. The predicted octanol–water partition coefficient (Wildman–Crippen LogP) is 1.48. The average Bonchev–Trinajstić information content (AvgIpc) is 3.38. The van der Waals surface area contributed by atoms with Crippen molar-refractivity contribution in [1.82, 2.24) is 15.5 Å². The molecule has 2 aliphatic heterocycles. The van der Waals surface area contributed by atoms with Crippen molar-refractivity contribution in [3.8, 4) is 0 Å². The monoisotopic (exact) mass is 293 g/mol. The maximum absolute atomic E-state index is 12.0. The van der Waals surface area contributed by atoms with E-state index in [0.717, 1.165) is 37.9 Å². The molecule has 2 saturated heterocycles. The van der Waals surface area contributed by atoms with Crippen LogP contribution in [0.1, 0.15) is 44.9 Å². The second kappa shape index (κ2) is 5.76. The first-order valence-electron chi connectivity index (χ1n) is 8.72. The lowest BCUT2D eigenvalue weighted by atomic mass is 9.96. The molecule has 5 heteroatoms. The molecule has 2 heterocycles. The van der Waals surface area contributed by atoms with Gasteiger partial charge in [0.2, 0.25) is 0 Å². The molecule has 2 saturated carbocycles. The smallest absolute Gasteiger partial charge is 0.315 e. The summed E-state index contributed by atoms with van der Waals surface area (Å²) >= 11 is 0. The van der Waals surface area contributed by atoms with Crippen LogP contribution in [0.3, 0.4) is 0 Å². The first-order chi connectivity index (χ1) is 10.3. The van der Waals surface area contributed by atoms with Gasteiger partial charge < -0.3 is 15.4 Å². The van der Waals surface area contributed by atoms with Crippen LogP contribution in [0.15, 0.2) is 0 Å². The van der Waals surface area contributed by atoms with Crippen LogP contribution in [-0.4, -0.2) is 54.9 Å². The molecule has 0 spiro atoms. The molecule has 0 aromatic rings. The van der Waals surface area contributed by atoms with E-state index in [-0.39, 0.29) is 18.2 Å². The van der Waals surface area contributed by atoms with E-state index in [2.05, 4.69) is 15.5 Å². The van der Waals surface area contributed by atoms with Crippen molar-refractivity contribution < 1.29 is 9.53 Å². The van der Waals surface area contributed by atoms with Crippen LogP contribution in [0.4, 0.5) is 4.79 Å². The van der Waals surface area contributed by atoms with E-state index in [0.29, 0.717) is 6.10 Å². The second-order valence-corrected chi connectivity index (χ2v) is 7.29. The zero-order chi connectivity index (χ0) is 14.2. The average molecular weight is 293 g/mol. The van der Waals surface area contributed by atoms with Gasteiger partial charge in [0.05, 0.1) is 18.2 Å². The summed E-state index contributed by atoms with van der Waals surface area (Å²) in [5.41, 5.74) is 0. The minimum atomic E-state index is -0.0154. The van der Waals surface area contributed by atoms with Crippen molar-refractivity contribution in [2.75, 3.05) is 19.6 Å². The van der Waals surface area contributed by atoms with Gasteiger partial charge in [-0.15, -0.1) is 0 Å². The summed E-state index contributed by atoms with van der Waals surface area (Å²) in [4.78, 5) is 14.6. The van der Waals surface area contributed by atoms with E-state index in [9.17, 15) is 4.79 Å². The van der Waals surface area contributed by atoms with Gasteiger partial charge in [-0.1, -0.05) is 0 Å². The molecule has 0 unspecified atom stereocenters. The fourth-order valence-corrected chi connectivity index (χ4v) is 3.82. The number of ether oxygens (including phenoxy) is 1. The molecule has 2 aliphatic carbocycles. The standard InChI is InChI=1S/C16H27N3O2/c20-16(18-14-9-13-5-6-15(14)21-13)17-7-8-19(12-3-4-12)10-11-1-2-11/h11-15H,1-10H2,(H2,17,18,20)/t13-,14+,15-/m1/s1. The van der Waals surface area contributed by atoms with Crippen LogP contribution in [0, 0.1) is 5.92 Å². The lowest BCUT2D eigenvalue weighted by molar-refractivity contribution is 0.0981. The summed E-state index contributed by atoms with van der Waals surface area (Å²) in [7, 11) is 0. The maximum Gasteiger partial charge on any atom is 0.315 e. The summed E-state index contributed by atoms with van der Waals surface area (Å²) in [6.07, 6.45) is 9.43. The largest absolute Gasteiger partial charge is 0.373 e. The molecule has 4 rings (SSSR count).